The van der Waals surface area contributed by atoms with Crippen LogP contribution in [0.5, 0.6) is 0 Å². The smallest absolute Gasteiger partial charge is 0.319 e. The lowest BCUT2D eigenvalue weighted by Gasteiger charge is -2.14. The van der Waals surface area contributed by atoms with E-state index in [9.17, 15) is 9.59 Å². The van der Waals surface area contributed by atoms with Gasteiger partial charge in [-0.2, -0.15) is 5.10 Å². The molecule has 0 aliphatic carbocycles. The summed E-state index contributed by atoms with van der Waals surface area (Å²) >= 11 is 0. The first kappa shape index (κ1) is 19.1. The van der Waals surface area contributed by atoms with Crippen molar-refractivity contribution in [1.82, 2.24) is 20.1 Å². The van der Waals surface area contributed by atoms with Gasteiger partial charge in [-0.15, -0.1) is 0 Å². The molecule has 144 valence electrons. The van der Waals surface area contributed by atoms with Gasteiger partial charge in [-0.25, -0.2) is 14.5 Å². The van der Waals surface area contributed by atoms with E-state index in [1.165, 1.54) is 13.3 Å². The molecular formula is C20H22N6O2. The minimum Gasteiger partial charge on any atom is -0.334 e. The minimum absolute atomic E-state index is 0.127. The predicted molar refractivity (Wildman–Crippen MR) is 107 cm³/mol. The van der Waals surface area contributed by atoms with Gasteiger partial charge >= 0.3 is 6.03 Å². The van der Waals surface area contributed by atoms with Crippen LogP contribution in [0.15, 0.2) is 49.1 Å². The molecule has 0 aliphatic rings. The molecule has 3 rings (SSSR count). The number of amides is 3. The molecule has 0 saturated heterocycles. The van der Waals surface area contributed by atoms with E-state index in [4.69, 9.17) is 0 Å². The number of benzene rings is 2. The quantitative estimate of drug-likeness (QED) is 0.635. The molecule has 0 spiro atoms. The first-order valence-electron chi connectivity index (χ1n) is 8.80. The molecule has 0 saturated carbocycles. The molecule has 2 aromatic carbocycles. The van der Waals surface area contributed by atoms with E-state index in [0.29, 0.717) is 12.2 Å². The molecule has 1 heterocycles. The van der Waals surface area contributed by atoms with E-state index in [1.807, 2.05) is 50.2 Å². The van der Waals surface area contributed by atoms with Crippen LogP contribution < -0.4 is 16.0 Å². The summed E-state index contributed by atoms with van der Waals surface area (Å²) in [5.41, 5.74) is 5.01. The Labute approximate surface area is 163 Å². The van der Waals surface area contributed by atoms with Crippen LogP contribution in [-0.4, -0.2) is 26.7 Å². The molecule has 3 aromatic rings. The van der Waals surface area contributed by atoms with Gasteiger partial charge in [0, 0.05) is 24.8 Å². The van der Waals surface area contributed by atoms with Crippen LogP contribution in [0.1, 0.15) is 23.6 Å². The summed E-state index contributed by atoms with van der Waals surface area (Å²) in [6, 6.07) is 11.0. The van der Waals surface area contributed by atoms with Gasteiger partial charge in [0.25, 0.3) is 0 Å². The van der Waals surface area contributed by atoms with Crippen LogP contribution in [0, 0.1) is 13.8 Å². The van der Waals surface area contributed by atoms with E-state index in [1.54, 1.807) is 11.0 Å². The number of hydrogen-bond donors (Lipinski definition) is 3. The zero-order valence-corrected chi connectivity index (χ0v) is 16.0. The van der Waals surface area contributed by atoms with Crippen molar-refractivity contribution in [2.45, 2.75) is 27.3 Å². The van der Waals surface area contributed by atoms with Crippen molar-refractivity contribution >= 4 is 23.3 Å². The Bertz CT molecular complexity index is 975. The highest BCUT2D eigenvalue weighted by atomic mass is 16.2. The van der Waals surface area contributed by atoms with E-state index in [2.05, 4.69) is 26.0 Å². The molecule has 0 radical (unpaired) electrons. The highest BCUT2D eigenvalue weighted by Crippen LogP contribution is 2.25. The molecule has 0 bridgehead atoms. The number of carbonyl (C=O) groups excluding carboxylic acids is 2. The SMILES string of the molecule is CC(=O)Nc1c(C)cc(NC(=O)NCc2cccc(-n3cncn3)c2)cc1C. The van der Waals surface area contributed by atoms with E-state index in [-0.39, 0.29) is 11.9 Å². The van der Waals surface area contributed by atoms with Crippen molar-refractivity contribution < 1.29 is 9.59 Å². The van der Waals surface area contributed by atoms with Crippen LogP contribution in [-0.2, 0) is 11.3 Å². The average molecular weight is 378 g/mol. The standard InChI is InChI=1S/C20H22N6O2/c1-13-7-17(8-14(2)19(13)24-15(3)27)25-20(28)22-10-16-5-4-6-18(9-16)26-12-21-11-23-26/h4-9,11-12H,10H2,1-3H3,(H,24,27)(H2,22,25,28). The molecule has 8 nitrogen and oxygen atoms in total. The molecule has 28 heavy (non-hydrogen) atoms. The monoisotopic (exact) mass is 378 g/mol. The van der Waals surface area contributed by atoms with E-state index in [0.717, 1.165) is 28.1 Å². The fourth-order valence-electron chi connectivity index (χ4n) is 2.92. The van der Waals surface area contributed by atoms with Crippen molar-refractivity contribution in [3.8, 4) is 5.69 Å². The summed E-state index contributed by atoms with van der Waals surface area (Å²) in [5, 5.41) is 12.6. The van der Waals surface area contributed by atoms with Gasteiger partial charge in [-0.3, -0.25) is 4.79 Å². The molecule has 0 unspecified atom stereocenters. The Morgan fingerprint density at radius 3 is 2.46 bits per heavy atom. The van der Waals surface area contributed by atoms with Crippen LogP contribution in [0.4, 0.5) is 16.2 Å². The van der Waals surface area contributed by atoms with Crippen LogP contribution in [0.2, 0.25) is 0 Å². The maximum Gasteiger partial charge on any atom is 0.319 e. The second kappa shape index (κ2) is 8.34. The first-order valence-corrected chi connectivity index (χ1v) is 8.80. The van der Waals surface area contributed by atoms with Crippen LogP contribution in [0.3, 0.4) is 0 Å². The number of nitrogens with zero attached hydrogens (tertiary/aromatic N) is 3. The van der Waals surface area contributed by atoms with E-state index >= 15 is 0 Å². The van der Waals surface area contributed by atoms with Crippen molar-refractivity contribution in [3.63, 3.8) is 0 Å². The molecule has 3 amide bonds. The van der Waals surface area contributed by atoms with Gasteiger partial charge in [0.15, 0.2) is 0 Å². The highest BCUT2D eigenvalue weighted by Gasteiger charge is 2.09. The number of hydrogen-bond acceptors (Lipinski definition) is 4. The fourth-order valence-corrected chi connectivity index (χ4v) is 2.92. The minimum atomic E-state index is -0.308. The number of rotatable bonds is 5. The predicted octanol–water partition coefficient (Wildman–Crippen LogP) is 3.16. The normalized spacial score (nSPS) is 10.4. The zero-order chi connectivity index (χ0) is 20.1. The lowest BCUT2D eigenvalue weighted by atomic mass is 10.1. The van der Waals surface area contributed by atoms with Gasteiger partial charge in [-0.05, 0) is 54.8 Å². The summed E-state index contributed by atoms with van der Waals surface area (Å²) in [6.45, 7) is 5.61. The zero-order valence-electron chi connectivity index (χ0n) is 16.0. The second-order valence-electron chi connectivity index (χ2n) is 6.48. The van der Waals surface area contributed by atoms with Crippen LogP contribution >= 0.6 is 0 Å². The first-order chi connectivity index (χ1) is 13.4. The Morgan fingerprint density at radius 1 is 1.07 bits per heavy atom. The highest BCUT2D eigenvalue weighted by molar-refractivity contribution is 5.93. The van der Waals surface area contributed by atoms with Crippen molar-refractivity contribution in [2.75, 3.05) is 10.6 Å². The fraction of sp³-hybridized carbons (Fsp3) is 0.200. The third-order valence-electron chi connectivity index (χ3n) is 4.14. The van der Waals surface area contributed by atoms with Gasteiger partial charge in [0.2, 0.25) is 5.91 Å². The van der Waals surface area contributed by atoms with Crippen LogP contribution in [0.25, 0.3) is 5.69 Å². The largest absolute Gasteiger partial charge is 0.334 e. The summed E-state index contributed by atoms with van der Waals surface area (Å²) in [7, 11) is 0. The maximum atomic E-state index is 12.3. The Balaban J connectivity index is 1.62. The number of nitrogens with one attached hydrogen (secondary N) is 3. The Morgan fingerprint density at radius 2 is 1.82 bits per heavy atom. The molecule has 0 aliphatic heterocycles. The number of urea groups is 1. The number of carbonyl (C=O) groups is 2. The number of aromatic nitrogens is 3. The second-order valence-corrected chi connectivity index (χ2v) is 6.48. The van der Waals surface area contributed by atoms with Gasteiger partial charge < -0.3 is 16.0 Å². The molecule has 3 N–H and O–H groups in total. The average Bonchev–Trinajstić information content (AvgIpc) is 3.18. The van der Waals surface area contributed by atoms with Crippen molar-refractivity contribution in [3.05, 3.63) is 65.7 Å². The molecule has 0 atom stereocenters. The summed E-state index contributed by atoms with van der Waals surface area (Å²) in [4.78, 5) is 27.5. The van der Waals surface area contributed by atoms with Crippen molar-refractivity contribution in [2.24, 2.45) is 0 Å². The Hall–Kier alpha value is -3.68. The summed E-state index contributed by atoms with van der Waals surface area (Å²) in [6.07, 6.45) is 3.09. The van der Waals surface area contributed by atoms with E-state index < -0.39 is 0 Å². The van der Waals surface area contributed by atoms with Crippen molar-refractivity contribution in [1.29, 1.82) is 0 Å². The number of anilines is 2. The summed E-state index contributed by atoms with van der Waals surface area (Å²) in [5.74, 6) is -0.127. The Kier molecular flexibility index (Phi) is 5.69. The lowest BCUT2D eigenvalue weighted by Crippen LogP contribution is -2.28. The topological polar surface area (TPSA) is 101 Å². The maximum absolute atomic E-state index is 12.3. The molecule has 1 aromatic heterocycles. The molecule has 8 heteroatoms. The third kappa shape index (κ3) is 4.73. The molecule has 0 fully saturated rings. The molecular weight excluding hydrogens is 356 g/mol. The lowest BCUT2D eigenvalue weighted by molar-refractivity contribution is -0.114. The van der Waals surface area contributed by atoms with Gasteiger partial charge in [0.05, 0.1) is 5.69 Å². The summed E-state index contributed by atoms with van der Waals surface area (Å²) < 4.78 is 1.66. The third-order valence-corrected chi connectivity index (χ3v) is 4.14. The van der Waals surface area contributed by atoms with Gasteiger partial charge in [-0.1, -0.05) is 12.1 Å². The number of aryl methyl sites for hydroxylation is 2. The van der Waals surface area contributed by atoms with Gasteiger partial charge in [0.1, 0.15) is 12.7 Å².